The Morgan fingerprint density at radius 1 is 1.16 bits per heavy atom. The second-order valence-electron chi connectivity index (χ2n) is 10.1. The lowest BCUT2D eigenvalue weighted by Gasteiger charge is -2.40. The first kappa shape index (κ1) is 22.2. The number of anilines is 3. The summed E-state index contributed by atoms with van der Waals surface area (Å²) in [5.74, 6) is 1.11. The SMILES string of the molecule is COC(=O)c1ccc2c(c1)nc(Nc1ccc(N(C)C)cc1)n2C1C[C@@H](C)CC(C)(C)C1. The van der Waals surface area contributed by atoms with E-state index in [1.807, 2.05) is 32.3 Å². The molecule has 1 aliphatic carbocycles. The van der Waals surface area contributed by atoms with Crippen LogP contribution < -0.4 is 10.2 Å². The van der Waals surface area contributed by atoms with Gasteiger partial charge in [0.1, 0.15) is 0 Å². The van der Waals surface area contributed by atoms with Gasteiger partial charge in [0.2, 0.25) is 5.95 Å². The fraction of sp³-hybridized carbons (Fsp3) is 0.462. The highest BCUT2D eigenvalue weighted by Gasteiger charge is 2.34. The second-order valence-corrected chi connectivity index (χ2v) is 10.1. The Morgan fingerprint density at radius 2 is 1.88 bits per heavy atom. The molecule has 4 rings (SSSR count). The lowest BCUT2D eigenvalue weighted by atomic mass is 9.70. The van der Waals surface area contributed by atoms with Crippen molar-refractivity contribution in [1.29, 1.82) is 0 Å². The Morgan fingerprint density at radius 3 is 2.50 bits per heavy atom. The number of hydrogen-bond acceptors (Lipinski definition) is 5. The first-order chi connectivity index (χ1) is 15.2. The number of ether oxygens (including phenoxy) is 1. The van der Waals surface area contributed by atoms with E-state index in [4.69, 9.17) is 9.72 Å². The molecular formula is C26H34N4O2. The standard InChI is InChI=1S/C26H34N4O2/c1-17-13-21(16-26(2,3)15-17)30-23-12-7-18(24(31)32-6)14-22(23)28-25(30)27-19-8-10-20(11-9-19)29(4)5/h7-12,14,17,21H,13,15-16H2,1-6H3,(H,27,28)/t17-,21?/m1/s1. The molecule has 3 aromatic rings. The number of aromatic nitrogens is 2. The Hall–Kier alpha value is -3.02. The lowest BCUT2D eigenvalue weighted by molar-refractivity contribution is 0.0601. The number of nitrogens with one attached hydrogen (secondary N) is 1. The van der Waals surface area contributed by atoms with E-state index in [-0.39, 0.29) is 11.4 Å². The van der Waals surface area contributed by atoms with Crippen LogP contribution in [0.2, 0.25) is 0 Å². The zero-order valence-corrected chi connectivity index (χ0v) is 20.0. The smallest absolute Gasteiger partial charge is 0.337 e. The average molecular weight is 435 g/mol. The van der Waals surface area contributed by atoms with Crippen LogP contribution >= 0.6 is 0 Å². The van der Waals surface area contributed by atoms with Crippen LogP contribution in [0.15, 0.2) is 42.5 Å². The highest BCUT2D eigenvalue weighted by atomic mass is 16.5. The molecule has 170 valence electrons. The van der Waals surface area contributed by atoms with Crippen molar-refractivity contribution in [1.82, 2.24) is 9.55 Å². The minimum Gasteiger partial charge on any atom is -0.465 e. The van der Waals surface area contributed by atoms with Crippen LogP contribution in [0.3, 0.4) is 0 Å². The van der Waals surface area contributed by atoms with Gasteiger partial charge in [-0.05, 0) is 73.1 Å². The molecule has 0 saturated heterocycles. The fourth-order valence-corrected chi connectivity index (χ4v) is 5.27. The Labute approximate surface area is 190 Å². The molecular weight excluding hydrogens is 400 g/mol. The van der Waals surface area contributed by atoms with E-state index in [1.165, 1.54) is 13.5 Å². The molecule has 1 aliphatic rings. The van der Waals surface area contributed by atoms with Crippen LogP contribution in [0.1, 0.15) is 56.4 Å². The molecule has 1 N–H and O–H groups in total. The second kappa shape index (κ2) is 8.49. The van der Waals surface area contributed by atoms with Crippen LogP contribution in [-0.2, 0) is 4.74 Å². The zero-order chi connectivity index (χ0) is 23.0. The molecule has 0 bridgehead atoms. The van der Waals surface area contributed by atoms with Crippen molar-refractivity contribution in [3.8, 4) is 0 Å². The highest BCUT2D eigenvalue weighted by molar-refractivity contribution is 5.94. The van der Waals surface area contributed by atoms with E-state index < -0.39 is 0 Å². The molecule has 6 heteroatoms. The van der Waals surface area contributed by atoms with Crippen molar-refractivity contribution in [2.24, 2.45) is 11.3 Å². The van der Waals surface area contributed by atoms with Crippen LogP contribution in [0.25, 0.3) is 11.0 Å². The third-order valence-electron chi connectivity index (χ3n) is 6.48. The quantitative estimate of drug-likeness (QED) is 0.498. The molecule has 1 saturated carbocycles. The van der Waals surface area contributed by atoms with Crippen molar-refractivity contribution in [3.63, 3.8) is 0 Å². The highest BCUT2D eigenvalue weighted by Crippen LogP contribution is 2.46. The number of fused-ring (bicyclic) bond motifs is 1. The lowest BCUT2D eigenvalue weighted by Crippen LogP contribution is -2.29. The largest absolute Gasteiger partial charge is 0.465 e. The number of methoxy groups -OCH3 is 1. The van der Waals surface area contributed by atoms with E-state index in [2.05, 4.69) is 59.8 Å². The van der Waals surface area contributed by atoms with Gasteiger partial charge in [0.25, 0.3) is 0 Å². The van der Waals surface area contributed by atoms with Crippen molar-refractivity contribution in [2.45, 2.75) is 46.1 Å². The number of rotatable bonds is 5. The average Bonchev–Trinajstić information content (AvgIpc) is 3.09. The van der Waals surface area contributed by atoms with Crippen LogP contribution in [0, 0.1) is 11.3 Å². The zero-order valence-electron chi connectivity index (χ0n) is 20.0. The van der Waals surface area contributed by atoms with E-state index in [9.17, 15) is 4.79 Å². The van der Waals surface area contributed by atoms with Gasteiger partial charge in [0.15, 0.2) is 0 Å². The van der Waals surface area contributed by atoms with Gasteiger partial charge in [-0.2, -0.15) is 0 Å². The maximum Gasteiger partial charge on any atom is 0.337 e. The van der Waals surface area contributed by atoms with E-state index in [1.54, 1.807) is 0 Å². The van der Waals surface area contributed by atoms with Gasteiger partial charge < -0.3 is 19.5 Å². The summed E-state index contributed by atoms with van der Waals surface area (Å²) >= 11 is 0. The van der Waals surface area contributed by atoms with Crippen molar-refractivity contribution in [3.05, 3.63) is 48.0 Å². The number of imidazole rings is 1. The summed E-state index contributed by atoms with van der Waals surface area (Å²) in [5.41, 5.74) is 4.77. The number of nitrogens with zero attached hydrogens (tertiary/aromatic N) is 3. The fourth-order valence-electron chi connectivity index (χ4n) is 5.27. The Bertz CT molecular complexity index is 1110. The normalized spacial score (nSPS) is 20.2. The van der Waals surface area contributed by atoms with Gasteiger partial charge in [-0.25, -0.2) is 9.78 Å². The summed E-state index contributed by atoms with van der Waals surface area (Å²) in [4.78, 5) is 19.1. The molecule has 1 unspecified atom stereocenters. The molecule has 6 nitrogen and oxygen atoms in total. The molecule has 0 spiro atoms. The third-order valence-corrected chi connectivity index (χ3v) is 6.48. The van der Waals surface area contributed by atoms with Gasteiger partial charge >= 0.3 is 5.97 Å². The minimum atomic E-state index is -0.345. The number of carbonyl (C=O) groups excluding carboxylic acids is 1. The van der Waals surface area contributed by atoms with Crippen molar-refractivity contribution < 1.29 is 9.53 Å². The van der Waals surface area contributed by atoms with E-state index >= 15 is 0 Å². The summed E-state index contributed by atoms with van der Waals surface area (Å²) < 4.78 is 7.25. The maximum absolute atomic E-state index is 12.1. The predicted octanol–water partition coefficient (Wildman–Crippen LogP) is 6.02. The van der Waals surface area contributed by atoms with Crippen molar-refractivity contribution in [2.75, 3.05) is 31.4 Å². The van der Waals surface area contributed by atoms with E-state index in [0.717, 1.165) is 41.2 Å². The molecule has 1 aromatic heterocycles. The predicted molar refractivity (Wildman–Crippen MR) is 131 cm³/mol. The molecule has 0 aliphatic heterocycles. The minimum absolute atomic E-state index is 0.273. The van der Waals surface area contributed by atoms with Gasteiger partial charge in [-0.1, -0.05) is 20.8 Å². The van der Waals surface area contributed by atoms with Crippen LogP contribution in [0.5, 0.6) is 0 Å². The monoisotopic (exact) mass is 434 g/mol. The first-order valence-corrected chi connectivity index (χ1v) is 11.3. The van der Waals surface area contributed by atoms with Crippen LogP contribution in [-0.4, -0.2) is 36.7 Å². The Balaban J connectivity index is 1.78. The van der Waals surface area contributed by atoms with Gasteiger partial charge in [0.05, 0.1) is 23.7 Å². The molecule has 1 fully saturated rings. The number of esters is 1. The van der Waals surface area contributed by atoms with Gasteiger partial charge in [-0.15, -0.1) is 0 Å². The summed E-state index contributed by atoms with van der Waals surface area (Å²) in [6.45, 7) is 7.06. The van der Waals surface area contributed by atoms with Crippen molar-refractivity contribution >= 4 is 34.3 Å². The van der Waals surface area contributed by atoms with Crippen LogP contribution in [0.4, 0.5) is 17.3 Å². The molecule has 2 aromatic carbocycles. The molecule has 0 radical (unpaired) electrons. The van der Waals surface area contributed by atoms with Gasteiger partial charge in [-0.3, -0.25) is 0 Å². The summed E-state index contributed by atoms with van der Waals surface area (Å²) in [6, 6.07) is 14.3. The third kappa shape index (κ3) is 4.45. The molecule has 0 amide bonds. The molecule has 32 heavy (non-hydrogen) atoms. The number of hydrogen-bond donors (Lipinski definition) is 1. The summed E-state index contributed by atoms with van der Waals surface area (Å²) in [6.07, 6.45) is 3.44. The number of benzene rings is 2. The summed E-state index contributed by atoms with van der Waals surface area (Å²) in [5, 5.41) is 3.55. The van der Waals surface area contributed by atoms with E-state index in [0.29, 0.717) is 17.5 Å². The topological polar surface area (TPSA) is 59.4 Å². The maximum atomic E-state index is 12.1. The van der Waals surface area contributed by atoms with Gasteiger partial charge in [0, 0.05) is 31.5 Å². The molecule has 1 heterocycles. The first-order valence-electron chi connectivity index (χ1n) is 11.3. The Kier molecular flexibility index (Phi) is 5.89. The molecule has 2 atom stereocenters. The summed E-state index contributed by atoms with van der Waals surface area (Å²) in [7, 11) is 5.47. The number of carbonyl (C=O) groups is 1.